The van der Waals surface area contributed by atoms with Gasteiger partial charge in [-0.15, -0.1) is 0 Å². The molecule has 1 fully saturated rings. The van der Waals surface area contributed by atoms with E-state index in [9.17, 15) is 18.3 Å². The van der Waals surface area contributed by atoms with Crippen molar-refractivity contribution in [3.05, 3.63) is 50.4 Å². The molecule has 0 bridgehead atoms. The SMILES string of the molecule is Oc1c(Br)cc(Br)cc1C=Nc1cc(C(F)(F)F)ccc1N1CCCCC1. The summed E-state index contributed by atoms with van der Waals surface area (Å²) in [5.74, 6) is -0.0200. The second-order valence-corrected chi connectivity index (χ2v) is 8.10. The minimum Gasteiger partial charge on any atom is -0.506 e. The number of anilines is 1. The van der Waals surface area contributed by atoms with Crippen molar-refractivity contribution in [2.24, 2.45) is 4.99 Å². The van der Waals surface area contributed by atoms with E-state index < -0.39 is 11.7 Å². The van der Waals surface area contributed by atoms with Crippen molar-refractivity contribution in [3.63, 3.8) is 0 Å². The Bertz CT molecular complexity index is 863. The molecule has 0 aliphatic carbocycles. The third-order valence-corrected chi connectivity index (χ3v) is 5.46. The first-order chi connectivity index (χ1) is 12.8. The molecule has 3 nitrogen and oxygen atoms in total. The van der Waals surface area contributed by atoms with Gasteiger partial charge in [0.05, 0.1) is 21.4 Å². The van der Waals surface area contributed by atoms with Gasteiger partial charge in [0.25, 0.3) is 0 Å². The van der Waals surface area contributed by atoms with Gasteiger partial charge in [0.2, 0.25) is 0 Å². The predicted molar refractivity (Wildman–Crippen MR) is 108 cm³/mol. The van der Waals surface area contributed by atoms with Crippen molar-refractivity contribution in [3.8, 4) is 5.75 Å². The van der Waals surface area contributed by atoms with Crippen molar-refractivity contribution in [1.82, 2.24) is 0 Å². The van der Waals surface area contributed by atoms with Gasteiger partial charge >= 0.3 is 6.18 Å². The van der Waals surface area contributed by atoms with Gasteiger partial charge < -0.3 is 10.0 Å². The summed E-state index contributed by atoms with van der Waals surface area (Å²) in [6, 6.07) is 6.96. The van der Waals surface area contributed by atoms with E-state index in [1.807, 2.05) is 0 Å². The molecule has 2 aromatic rings. The molecule has 0 amide bonds. The van der Waals surface area contributed by atoms with Gasteiger partial charge in [-0.3, -0.25) is 4.99 Å². The fourth-order valence-electron chi connectivity index (χ4n) is 3.03. The number of aliphatic imine (C=N–C) groups is 1. The Labute approximate surface area is 172 Å². The lowest BCUT2D eigenvalue weighted by Crippen LogP contribution is -2.29. The molecule has 0 aromatic heterocycles. The van der Waals surface area contributed by atoms with Crippen LogP contribution in [0.15, 0.2) is 44.3 Å². The molecule has 27 heavy (non-hydrogen) atoms. The second kappa shape index (κ2) is 8.22. The first kappa shape index (κ1) is 20.2. The number of hydrogen-bond acceptors (Lipinski definition) is 3. The van der Waals surface area contributed by atoms with Crippen molar-refractivity contribution < 1.29 is 18.3 Å². The molecular weight excluding hydrogens is 489 g/mol. The van der Waals surface area contributed by atoms with Crippen molar-refractivity contribution in [2.75, 3.05) is 18.0 Å². The molecule has 0 saturated carbocycles. The Morgan fingerprint density at radius 2 is 1.74 bits per heavy atom. The van der Waals surface area contributed by atoms with Gasteiger partial charge in [-0.05, 0) is 65.5 Å². The number of phenolic OH excluding ortho intramolecular Hbond substituents is 1. The lowest BCUT2D eigenvalue weighted by Gasteiger charge is -2.30. The van der Waals surface area contributed by atoms with Gasteiger partial charge in [0, 0.05) is 29.3 Å². The Morgan fingerprint density at radius 3 is 2.41 bits per heavy atom. The van der Waals surface area contributed by atoms with Crippen LogP contribution in [0.4, 0.5) is 24.5 Å². The third kappa shape index (κ3) is 4.85. The molecule has 0 unspecified atom stereocenters. The van der Waals surface area contributed by atoms with Crippen LogP contribution in [0.2, 0.25) is 0 Å². The van der Waals surface area contributed by atoms with E-state index in [1.165, 1.54) is 12.3 Å². The van der Waals surface area contributed by atoms with Crippen LogP contribution in [0.5, 0.6) is 5.75 Å². The second-order valence-electron chi connectivity index (χ2n) is 6.33. The van der Waals surface area contributed by atoms with Crippen molar-refractivity contribution in [1.29, 1.82) is 0 Å². The molecule has 0 atom stereocenters. The van der Waals surface area contributed by atoms with Gasteiger partial charge in [0.15, 0.2) is 0 Å². The van der Waals surface area contributed by atoms with E-state index in [2.05, 4.69) is 41.8 Å². The number of halogens is 5. The number of phenols is 1. The number of nitrogens with zero attached hydrogens (tertiary/aromatic N) is 2. The minimum atomic E-state index is -4.44. The summed E-state index contributed by atoms with van der Waals surface area (Å²) in [6.07, 6.45) is 0.0716. The van der Waals surface area contributed by atoms with Gasteiger partial charge in [-0.2, -0.15) is 13.2 Å². The molecule has 1 heterocycles. The van der Waals surface area contributed by atoms with Crippen LogP contribution in [0, 0.1) is 0 Å². The first-order valence-corrected chi connectivity index (χ1v) is 10.0. The maximum Gasteiger partial charge on any atom is 0.416 e. The van der Waals surface area contributed by atoms with Crippen LogP contribution in [0.1, 0.15) is 30.4 Å². The van der Waals surface area contributed by atoms with E-state index in [0.717, 1.165) is 44.5 Å². The monoisotopic (exact) mass is 504 g/mol. The zero-order valence-corrected chi connectivity index (χ0v) is 17.4. The highest BCUT2D eigenvalue weighted by Crippen LogP contribution is 2.38. The van der Waals surface area contributed by atoms with Crippen LogP contribution in [0.25, 0.3) is 0 Å². The third-order valence-electron chi connectivity index (χ3n) is 4.40. The molecule has 8 heteroatoms. The van der Waals surface area contributed by atoms with Crippen molar-refractivity contribution in [2.45, 2.75) is 25.4 Å². The molecule has 3 rings (SSSR count). The summed E-state index contributed by atoms with van der Waals surface area (Å²) >= 11 is 6.57. The standard InChI is InChI=1S/C19H17Br2F3N2O/c20-14-8-12(18(27)15(21)10-14)11-25-16-9-13(19(22,23)24)4-5-17(16)26-6-2-1-3-7-26/h4-5,8-11,27H,1-3,6-7H2. The number of piperidine rings is 1. The first-order valence-electron chi connectivity index (χ1n) is 8.44. The van der Waals surface area contributed by atoms with Gasteiger partial charge in [-0.25, -0.2) is 0 Å². The van der Waals surface area contributed by atoms with Crippen LogP contribution in [-0.2, 0) is 6.18 Å². The Balaban J connectivity index is 2.03. The molecule has 0 spiro atoms. The predicted octanol–water partition coefficient (Wildman–Crippen LogP) is 6.68. The molecule has 1 saturated heterocycles. The van der Waals surface area contributed by atoms with E-state index in [-0.39, 0.29) is 11.4 Å². The zero-order chi connectivity index (χ0) is 19.6. The molecular formula is C19H17Br2F3N2O. The summed E-state index contributed by atoms with van der Waals surface area (Å²) in [6.45, 7) is 1.59. The van der Waals surface area contributed by atoms with Crippen molar-refractivity contribution >= 4 is 49.4 Å². The zero-order valence-electron chi connectivity index (χ0n) is 14.2. The number of alkyl halides is 3. The summed E-state index contributed by atoms with van der Waals surface area (Å²) < 4.78 is 40.7. The minimum absolute atomic E-state index is 0.0200. The van der Waals surface area contributed by atoms with Gasteiger partial charge in [-0.1, -0.05) is 15.9 Å². The van der Waals surface area contributed by atoms with E-state index in [4.69, 9.17) is 0 Å². The van der Waals surface area contributed by atoms with Crippen LogP contribution in [0.3, 0.4) is 0 Å². The molecule has 0 radical (unpaired) electrons. The molecule has 144 valence electrons. The van der Waals surface area contributed by atoms with E-state index >= 15 is 0 Å². The van der Waals surface area contributed by atoms with E-state index in [0.29, 0.717) is 20.2 Å². The fourth-order valence-corrected chi connectivity index (χ4v) is 4.29. The average Bonchev–Trinajstić information content (AvgIpc) is 2.63. The lowest BCUT2D eigenvalue weighted by molar-refractivity contribution is -0.137. The quantitative estimate of drug-likeness (QED) is 0.472. The maximum absolute atomic E-state index is 13.2. The number of rotatable bonds is 3. The van der Waals surface area contributed by atoms with Crippen LogP contribution in [-0.4, -0.2) is 24.4 Å². The summed E-state index contributed by atoms with van der Waals surface area (Å²) in [7, 11) is 0. The molecule has 2 aromatic carbocycles. The molecule has 1 aliphatic heterocycles. The molecule has 1 aliphatic rings. The Hall–Kier alpha value is -1.54. The van der Waals surface area contributed by atoms with E-state index in [1.54, 1.807) is 12.1 Å². The number of benzene rings is 2. The fraction of sp³-hybridized carbons (Fsp3) is 0.316. The summed E-state index contributed by atoms with van der Waals surface area (Å²) in [4.78, 5) is 6.36. The number of hydrogen-bond donors (Lipinski definition) is 1. The Kier molecular flexibility index (Phi) is 6.15. The smallest absolute Gasteiger partial charge is 0.416 e. The summed E-state index contributed by atoms with van der Waals surface area (Å²) in [5.41, 5.74) is 0.572. The highest BCUT2D eigenvalue weighted by atomic mass is 79.9. The topological polar surface area (TPSA) is 35.8 Å². The average molecular weight is 506 g/mol. The largest absolute Gasteiger partial charge is 0.506 e. The summed E-state index contributed by atoms with van der Waals surface area (Å²) in [5, 5.41) is 10.2. The molecule has 1 N–H and O–H groups in total. The van der Waals surface area contributed by atoms with Crippen LogP contribution < -0.4 is 4.90 Å². The number of aromatic hydroxyl groups is 1. The highest BCUT2D eigenvalue weighted by molar-refractivity contribution is 9.11. The normalized spacial score (nSPS) is 15.5. The maximum atomic E-state index is 13.2. The van der Waals surface area contributed by atoms with Gasteiger partial charge in [0.1, 0.15) is 5.75 Å². The lowest BCUT2D eigenvalue weighted by atomic mass is 10.1. The van der Waals surface area contributed by atoms with Crippen LogP contribution >= 0.6 is 31.9 Å². The Morgan fingerprint density at radius 1 is 1.04 bits per heavy atom. The highest BCUT2D eigenvalue weighted by Gasteiger charge is 2.31.